The Hall–Kier alpha value is -3.69. The van der Waals surface area contributed by atoms with E-state index in [2.05, 4.69) is 75.6 Å². The molecule has 202 valence electrons. The van der Waals surface area contributed by atoms with E-state index >= 15 is 0 Å². The largest absolute Gasteiger partial charge is 0.351 e. The van der Waals surface area contributed by atoms with Gasteiger partial charge in [-0.25, -0.2) is 8.42 Å². The first-order valence-corrected chi connectivity index (χ1v) is 15.2. The summed E-state index contributed by atoms with van der Waals surface area (Å²) < 4.78 is 28.6. The molecule has 2 N–H and O–H groups in total. The first-order valence-electron chi connectivity index (χ1n) is 12.9. The number of pyridine rings is 1. The number of anilines is 2. The lowest BCUT2D eigenvalue weighted by molar-refractivity contribution is 0.565. The number of benzene rings is 2. The molecule has 4 aromatic rings. The Morgan fingerprint density at radius 2 is 1.72 bits per heavy atom. The van der Waals surface area contributed by atoms with E-state index in [4.69, 9.17) is 12.2 Å². The van der Waals surface area contributed by atoms with E-state index < -0.39 is 10.0 Å². The summed E-state index contributed by atoms with van der Waals surface area (Å²) in [4.78, 5) is 6.80. The van der Waals surface area contributed by atoms with Crippen molar-refractivity contribution in [1.82, 2.24) is 14.9 Å². The lowest BCUT2D eigenvalue weighted by atomic mass is 9.96. The van der Waals surface area contributed by atoms with Gasteiger partial charge < -0.3 is 14.8 Å². The van der Waals surface area contributed by atoms with E-state index in [0.717, 1.165) is 52.3 Å². The third-order valence-electron chi connectivity index (χ3n) is 7.27. The summed E-state index contributed by atoms with van der Waals surface area (Å²) in [6, 6.07) is 22.2. The molecule has 0 radical (unpaired) electrons. The predicted octanol–water partition coefficient (Wildman–Crippen LogP) is 5.91. The van der Waals surface area contributed by atoms with Gasteiger partial charge in [-0.05, 0) is 105 Å². The molecular formula is C30H33N5O2S2. The summed E-state index contributed by atoms with van der Waals surface area (Å²) in [5, 5.41) is 4.12. The fraction of sp³-hybridized carbons (Fsp3) is 0.267. The molecule has 9 heteroatoms. The number of rotatable bonds is 7. The fourth-order valence-corrected chi connectivity index (χ4v) is 6.40. The Morgan fingerprint density at radius 1 is 1.00 bits per heavy atom. The molecule has 1 saturated heterocycles. The fourth-order valence-electron chi connectivity index (χ4n) is 5.43. The van der Waals surface area contributed by atoms with Crippen LogP contribution in [0.1, 0.15) is 52.8 Å². The Morgan fingerprint density at radius 3 is 2.33 bits per heavy atom. The number of hydrogen-bond acceptors (Lipinski definition) is 4. The van der Waals surface area contributed by atoms with Gasteiger partial charge in [0, 0.05) is 29.0 Å². The predicted molar refractivity (Wildman–Crippen MR) is 162 cm³/mol. The van der Waals surface area contributed by atoms with Gasteiger partial charge in [0.2, 0.25) is 10.0 Å². The minimum atomic E-state index is -3.39. The number of sulfonamides is 1. The number of nitrogens with one attached hydrogen (secondary N) is 2. The standard InChI is InChI=1S/C30H33N5O2S2/c1-6-22-10-12-23(13-11-22)34-20(3)18-25(21(34)4)29-28(27-9-7-8-16-31-27)32-30(38)35(29)24-14-15-26(19(2)17-24)33-39(5,36)37/h7-18,28-29,33H,6H2,1-5H3,(H,32,38)/t28-,29+/m1/s1. The average Bonchev–Trinajstić information content (AvgIpc) is 3.40. The van der Waals surface area contributed by atoms with Gasteiger partial charge >= 0.3 is 0 Å². The zero-order chi connectivity index (χ0) is 27.9. The summed E-state index contributed by atoms with van der Waals surface area (Å²) in [6.45, 7) is 8.32. The Labute approximate surface area is 235 Å². The highest BCUT2D eigenvalue weighted by Crippen LogP contribution is 2.44. The molecule has 3 heterocycles. The third-order valence-corrected chi connectivity index (χ3v) is 8.18. The molecule has 2 aromatic carbocycles. The maximum Gasteiger partial charge on any atom is 0.229 e. The number of aryl methyl sites for hydroxylation is 3. The highest BCUT2D eigenvalue weighted by Gasteiger charge is 2.42. The summed E-state index contributed by atoms with van der Waals surface area (Å²) in [5.74, 6) is 0. The summed E-state index contributed by atoms with van der Waals surface area (Å²) in [6.07, 6.45) is 3.95. The second kappa shape index (κ2) is 10.5. The highest BCUT2D eigenvalue weighted by atomic mass is 32.2. The molecule has 5 rings (SSSR count). The second-order valence-electron chi connectivity index (χ2n) is 10.1. The molecule has 2 aromatic heterocycles. The highest BCUT2D eigenvalue weighted by molar-refractivity contribution is 7.92. The van der Waals surface area contributed by atoms with Crippen molar-refractivity contribution in [3.8, 4) is 5.69 Å². The number of hydrogen-bond donors (Lipinski definition) is 2. The van der Waals surface area contributed by atoms with Gasteiger partial charge in [-0.15, -0.1) is 0 Å². The normalized spacial score (nSPS) is 17.4. The maximum atomic E-state index is 11.8. The van der Waals surface area contributed by atoms with Crippen molar-refractivity contribution < 1.29 is 8.42 Å². The number of aromatic nitrogens is 2. The zero-order valence-electron chi connectivity index (χ0n) is 22.8. The van der Waals surface area contributed by atoms with E-state index in [1.54, 1.807) is 12.3 Å². The van der Waals surface area contributed by atoms with E-state index in [1.807, 2.05) is 37.3 Å². The molecule has 1 aliphatic rings. The van der Waals surface area contributed by atoms with Crippen molar-refractivity contribution in [3.63, 3.8) is 0 Å². The van der Waals surface area contributed by atoms with E-state index in [1.165, 1.54) is 5.56 Å². The van der Waals surface area contributed by atoms with Crippen molar-refractivity contribution >= 4 is 38.7 Å². The van der Waals surface area contributed by atoms with Gasteiger partial charge in [-0.2, -0.15) is 0 Å². The Bertz CT molecular complexity index is 1630. The lowest BCUT2D eigenvalue weighted by Gasteiger charge is -2.29. The van der Waals surface area contributed by atoms with E-state index in [0.29, 0.717) is 10.8 Å². The quantitative estimate of drug-likeness (QED) is 0.274. The first-order chi connectivity index (χ1) is 18.6. The Kier molecular flexibility index (Phi) is 7.22. The smallest absolute Gasteiger partial charge is 0.229 e. The molecule has 1 aliphatic heterocycles. The monoisotopic (exact) mass is 559 g/mol. The molecule has 2 atom stereocenters. The van der Waals surface area contributed by atoms with Crippen LogP contribution >= 0.6 is 12.2 Å². The van der Waals surface area contributed by atoms with Gasteiger partial charge in [0.05, 0.1) is 29.7 Å². The van der Waals surface area contributed by atoms with Crippen LogP contribution in [-0.4, -0.2) is 29.3 Å². The molecule has 39 heavy (non-hydrogen) atoms. The van der Waals surface area contributed by atoms with Gasteiger partial charge in [0.15, 0.2) is 5.11 Å². The molecule has 0 spiro atoms. The topological polar surface area (TPSA) is 79.3 Å². The average molecular weight is 560 g/mol. The van der Waals surface area contributed by atoms with Crippen molar-refractivity contribution in [1.29, 1.82) is 0 Å². The van der Waals surface area contributed by atoms with E-state index in [9.17, 15) is 8.42 Å². The molecule has 7 nitrogen and oxygen atoms in total. The van der Waals surface area contributed by atoms with Crippen LogP contribution in [0.2, 0.25) is 0 Å². The Balaban J connectivity index is 1.63. The van der Waals surface area contributed by atoms with Crippen LogP contribution in [0.5, 0.6) is 0 Å². The van der Waals surface area contributed by atoms with Gasteiger partial charge in [0.1, 0.15) is 0 Å². The summed E-state index contributed by atoms with van der Waals surface area (Å²) in [5.41, 5.74) is 8.96. The van der Waals surface area contributed by atoms with Crippen LogP contribution in [0.15, 0.2) is 72.9 Å². The number of nitrogens with zero attached hydrogens (tertiary/aromatic N) is 3. The lowest BCUT2D eigenvalue weighted by Crippen LogP contribution is -2.29. The minimum absolute atomic E-state index is 0.171. The molecule has 0 bridgehead atoms. The molecule has 1 fully saturated rings. The van der Waals surface area contributed by atoms with Crippen molar-refractivity contribution in [3.05, 3.63) is 107 Å². The van der Waals surface area contributed by atoms with Crippen LogP contribution < -0.4 is 14.9 Å². The van der Waals surface area contributed by atoms with Crippen molar-refractivity contribution in [2.45, 2.75) is 46.2 Å². The van der Waals surface area contributed by atoms with Crippen molar-refractivity contribution in [2.24, 2.45) is 0 Å². The van der Waals surface area contributed by atoms with Crippen LogP contribution in [0, 0.1) is 20.8 Å². The summed E-state index contributed by atoms with van der Waals surface area (Å²) in [7, 11) is -3.39. The van der Waals surface area contributed by atoms with Gasteiger partial charge in [-0.1, -0.05) is 25.1 Å². The van der Waals surface area contributed by atoms with Crippen LogP contribution in [0.25, 0.3) is 5.69 Å². The molecule has 0 amide bonds. The third kappa shape index (κ3) is 5.29. The van der Waals surface area contributed by atoms with Crippen LogP contribution in [-0.2, 0) is 16.4 Å². The van der Waals surface area contributed by atoms with Gasteiger partial charge in [-0.3, -0.25) is 9.71 Å². The van der Waals surface area contributed by atoms with Gasteiger partial charge in [0.25, 0.3) is 0 Å². The number of thiocarbonyl (C=S) groups is 1. The van der Waals surface area contributed by atoms with Crippen molar-refractivity contribution in [2.75, 3.05) is 15.9 Å². The molecule has 0 aliphatic carbocycles. The SMILES string of the molecule is CCc1ccc(-n2c(C)cc([C@H]3[C@@H](c4ccccn4)NC(=S)N3c3ccc(NS(C)(=O)=O)c(C)c3)c2C)cc1. The zero-order valence-corrected chi connectivity index (χ0v) is 24.4. The molecule has 0 unspecified atom stereocenters. The molecular weight excluding hydrogens is 526 g/mol. The first kappa shape index (κ1) is 26.9. The summed E-state index contributed by atoms with van der Waals surface area (Å²) >= 11 is 5.91. The van der Waals surface area contributed by atoms with Crippen LogP contribution in [0.4, 0.5) is 11.4 Å². The molecule has 0 saturated carbocycles. The second-order valence-corrected chi connectivity index (χ2v) is 12.2. The maximum absolute atomic E-state index is 11.8. The van der Waals surface area contributed by atoms with Crippen LogP contribution in [0.3, 0.4) is 0 Å². The minimum Gasteiger partial charge on any atom is -0.351 e. The van der Waals surface area contributed by atoms with E-state index in [-0.39, 0.29) is 12.1 Å².